The molecule has 0 aliphatic rings. The number of ether oxygens (including phenoxy) is 1. The van der Waals surface area contributed by atoms with Gasteiger partial charge in [-0.05, 0) is 25.5 Å². The van der Waals surface area contributed by atoms with Gasteiger partial charge in [-0.3, -0.25) is 0 Å². The van der Waals surface area contributed by atoms with E-state index in [1.54, 1.807) is 13.2 Å². The standard InChI is InChI=1S/C10H16O.C2H6/c1-5-7-10(11-4)8-9(3)6-2;1-2/h5,7-8H,1,6H2,2-4H3;1-2H3/b9-8+,10-7+;. The Balaban J connectivity index is 0. The van der Waals surface area contributed by atoms with Gasteiger partial charge in [0.05, 0.1) is 7.11 Å². The van der Waals surface area contributed by atoms with Gasteiger partial charge in [-0.2, -0.15) is 0 Å². The predicted octanol–water partition coefficient (Wildman–Crippen LogP) is 4.09. The molecule has 0 aliphatic carbocycles. The minimum Gasteiger partial charge on any atom is -0.497 e. The Morgan fingerprint density at radius 3 is 2.23 bits per heavy atom. The Kier molecular flexibility index (Phi) is 12.3. The average Bonchev–Trinajstić information content (AvgIpc) is 2.20. The van der Waals surface area contributed by atoms with Crippen LogP contribution in [0.1, 0.15) is 34.1 Å². The van der Waals surface area contributed by atoms with Crippen LogP contribution in [0.25, 0.3) is 0 Å². The van der Waals surface area contributed by atoms with Crippen LogP contribution in [0.15, 0.2) is 36.1 Å². The minimum atomic E-state index is 0.861. The average molecular weight is 182 g/mol. The molecule has 0 aromatic carbocycles. The largest absolute Gasteiger partial charge is 0.497 e. The fourth-order valence-corrected chi connectivity index (χ4v) is 0.636. The van der Waals surface area contributed by atoms with Crippen molar-refractivity contribution in [3.8, 4) is 0 Å². The zero-order valence-corrected chi connectivity index (χ0v) is 9.55. The summed E-state index contributed by atoms with van der Waals surface area (Å²) in [6.07, 6.45) is 6.64. The Morgan fingerprint density at radius 1 is 1.38 bits per heavy atom. The lowest BCUT2D eigenvalue weighted by Gasteiger charge is -2.00. The summed E-state index contributed by atoms with van der Waals surface area (Å²) in [5.41, 5.74) is 1.31. The third kappa shape index (κ3) is 8.93. The van der Waals surface area contributed by atoms with Crippen LogP contribution in [0.3, 0.4) is 0 Å². The second-order valence-electron chi connectivity index (χ2n) is 2.35. The molecule has 0 heterocycles. The molecule has 0 amide bonds. The van der Waals surface area contributed by atoms with E-state index in [1.165, 1.54) is 5.57 Å². The van der Waals surface area contributed by atoms with Crippen LogP contribution in [0.2, 0.25) is 0 Å². The highest BCUT2D eigenvalue weighted by atomic mass is 16.5. The maximum atomic E-state index is 5.08. The summed E-state index contributed by atoms with van der Waals surface area (Å²) in [5, 5.41) is 0. The lowest BCUT2D eigenvalue weighted by atomic mass is 10.2. The molecule has 0 rings (SSSR count). The lowest BCUT2D eigenvalue weighted by molar-refractivity contribution is 0.306. The molecular weight excluding hydrogens is 160 g/mol. The molecule has 0 saturated heterocycles. The van der Waals surface area contributed by atoms with Crippen molar-refractivity contribution in [1.82, 2.24) is 0 Å². The van der Waals surface area contributed by atoms with E-state index < -0.39 is 0 Å². The number of methoxy groups -OCH3 is 1. The van der Waals surface area contributed by atoms with Crippen LogP contribution in [0, 0.1) is 0 Å². The molecule has 0 radical (unpaired) electrons. The number of hydrogen-bond acceptors (Lipinski definition) is 1. The Labute approximate surface area is 82.8 Å². The zero-order chi connectivity index (χ0) is 10.7. The molecule has 13 heavy (non-hydrogen) atoms. The van der Waals surface area contributed by atoms with Gasteiger partial charge in [0.1, 0.15) is 5.76 Å². The molecule has 0 atom stereocenters. The summed E-state index contributed by atoms with van der Waals surface area (Å²) in [6, 6.07) is 0. The highest BCUT2D eigenvalue weighted by Crippen LogP contribution is 2.05. The minimum absolute atomic E-state index is 0.861. The van der Waals surface area contributed by atoms with Gasteiger partial charge < -0.3 is 4.74 Å². The van der Waals surface area contributed by atoms with Gasteiger partial charge in [-0.1, -0.05) is 39.0 Å². The van der Waals surface area contributed by atoms with E-state index in [0.29, 0.717) is 0 Å². The Hall–Kier alpha value is -0.980. The van der Waals surface area contributed by atoms with E-state index in [0.717, 1.165) is 12.2 Å². The fraction of sp³-hybridized carbons (Fsp3) is 0.500. The monoisotopic (exact) mass is 182 g/mol. The first-order valence-corrected chi connectivity index (χ1v) is 4.78. The van der Waals surface area contributed by atoms with Gasteiger partial charge in [-0.25, -0.2) is 0 Å². The van der Waals surface area contributed by atoms with Gasteiger partial charge in [-0.15, -0.1) is 0 Å². The summed E-state index contributed by atoms with van der Waals surface area (Å²) in [6.45, 7) is 11.8. The van der Waals surface area contributed by atoms with Crippen molar-refractivity contribution >= 4 is 0 Å². The summed E-state index contributed by atoms with van der Waals surface area (Å²) in [5.74, 6) is 0.861. The van der Waals surface area contributed by atoms with Gasteiger partial charge in [0, 0.05) is 0 Å². The lowest BCUT2D eigenvalue weighted by Crippen LogP contribution is -1.82. The molecule has 76 valence electrons. The number of hydrogen-bond donors (Lipinski definition) is 0. The second-order valence-corrected chi connectivity index (χ2v) is 2.35. The topological polar surface area (TPSA) is 9.23 Å². The summed E-state index contributed by atoms with van der Waals surface area (Å²) >= 11 is 0. The first-order valence-electron chi connectivity index (χ1n) is 4.78. The highest BCUT2D eigenvalue weighted by Gasteiger charge is 1.89. The summed E-state index contributed by atoms with van der Waals surface area (Å²) in [4.78, 5) is 0. The Morgan fingerprint density at radius 2 is 1.92 bits per heavy atom. The molecule has 0 aromatic heterocycles. The van der Waals surface area contributed by atoms with E-state index in [1.807, 2.05) is 26.0 Å². The second kappa shape index (κ2) is 11.0. The van der Waals surface area contributed by atoms with E-state index >= 15 is 0 Å². The third-order valence-corrected chi connectivity index (χ3v) is 1.46. The van der Waals surface area contributed by atoms with Crippen molar-refractivity contribution < 1.29 is 4.74 Å². The van der Waals surface area contributed by atoms with Crippen molar-refractivity contribution in [2.24, 2.45) is 0 Å². The van der Waals surface area contributed by atoms with E-state index in [4.69, 9.17) is 4.74 Å². The summed E-state index contributed by atoms with van der Waals surface area (Å²) < 4.78 is 5.08. The normalized spacial score (nSPS) is 11.5. The molecule has 0 aromatic rings. The first kappa shape index (κ1) is 14.5. The van der Waals surface area contributed by atoms with Crippen LogP contribution < -0.4 is 0 Å². The molecule has 0 aliphatic heterocycles. The predicted molar refractivity (Wildman–Crippen MR) is 60.7 cm³/mol. The molecule has 1 heteroatoms. The molecule has 0 saturated carbocycles. The zero-order valence-electron chi connectivity index (χ0n) is 9.55. The van der Waals surface area contributed by atoms with Gasteiger partial charge >= 0.3 is 0 Å². The molecule has 0 spiro atoms. The molecule has 0 fully saturated rings. The van der Waals surface area contributed by atoms with Crippen molar-refractivity contribution in [2.45, 2.75) is 34.1 Å². The van der Waals surface area contributed by atoms with Gasteiger partial charge in [0.2, 0.25) is 0 Å². The van der Waals surface area contributed by atoms with E-state index in [9.17, 15) is 0 Å². The highest BCUT2D eigenvalue weighted by molar-refractivity contribution is 5.20. The third-order valence-electron chi connectivity index (χ3n) is 1.46. The van der Waals surface area contributed by atoms with E-state index in [2.05, 4.69) is 20.4 Å². The van der Waals surface area contributed by atoms with Crippen molar-refractivity contribution in [3.05, 3.63) is 36.1 Å². The number of rotatable bonds is 4. The van der Waals surface area contributed by atoms with Crippen LogP contribution in [-0.2, 0) is 4.74 Å². The van der Waals surface area contributed by atoms with Crippen molar-refractivity contribution in [2.75, 3.05) is 7.11 Å². The fourth-order valence-electron chi connectivity index (χ4n) is 0.636. The van der Waals surface area contributed by atoms with Gasteiger partial charge in [0.15, 0.2) is 0 Å². The molecule has 0 bridgehead atoms. The van der Waals surface area contributed by atoms with Crippen LogP contribution >= 0.6 is 0 Å². The molecule has 1 nitrogen and oxygen atoms in total. The molecule has 0 unspecified atom stereocenters. The maximum Gasteiger partial charge on any atom is 0.118 e. The smallest absolute Gasteiger partial charge is 0.118 e. The number of allylic oxidation sites excluding steroid dienone is 4. The maximum absolute atomic E-state index is 5.08. The SMILES string of the molecule is C=C/C=C(\C=C(/C)CC)OC.CC. The van der Waals surface area contributed by atoms with Gasteiger partial charge in [0.25, 0.3) is 0 Å². The molecular formula is C12H22O. The van der Waals surface area contributed by atoms with E-state index in [-0.39, 0.29) is 0 Å². The van der Waals surface area contributed by atoms with Crippen LogP contribution in [0.4, 0.5) is 0 Å². The quantitative estimate of drug-likeness (QED) is 0.470. The molecule has 0 N–H and O–H groups in total. The first-order chi connectivity index (χ1) is 6.24. The summed E-state index contributed by atoms with van der Waals surface area (Å²) in [7, 11) is 1.66. The van der Waals surface area contributed by atoms with Crippen LogP contribution in [-0.4, -0.2) is 7.11 Å². The van der Waals surface area contributed by atoms with Crippen molar-refractivity contribution in [1.29, 1.82) is 0 Å². The van der Waals surface area contributed by atoms with Crippen LogP contribution in [0.5, 0.6) is 0 Å². The van der Waals surface area contributed by atoms with Crippen molar-refractivity contribution in [3.63, 3.8) is 0 Å². The Bertz CT molecular complexity index is 176.